The molecule has 0 saturated heterocycles. The van der Waals surface area contributed by atoms with Gasteiger partial charge < -0.3 is 19.5 Å². The van der Waals surface area contributed by atoms with Crippen LogP contribution in [0, 0.1) is 20.8 Å². The van der Waals surface area contributed by atoms with E-state index in [0.29, 0.717) is 0 Å². The van der Waals surface area contributed by atoms with Gasteiger partial charge in [0, 0.05) is 5.56 Å². The van der Waals surface area contributed by atoms with Crippen LogP contribution in [0.4, 0.5) is 0 Å². The molecule has 0 fully saturated rings. The van der Waals surface area contributed by atoms with E-state index in [2.05, 4.69) is 130 Å². The van der Waals surface area contributed by atoms with E-state index in [1.807, 2.05) is 0 Å². The first-order valence-corrected chi connectivity index (χ1v) is 20.4. The summed E-state index contributed by atoms with van der Waals surface area (Å²) in [7, 11) is -1.73. The van der Waals surface area contributed by atoms with Gasteiger partial charge in [-0.05, 0) is 119 Å². The standard InChI is InChI=1S/C44H55O5P/c1-34-35(2)43-41(36(3)42(34)46-31-32-47-49-37(4)45)28-30-44(5,48-43)29-20-9-7-6-8-10-21-33-50(38-22-14-11-15-23-38,39-24-16-12-17-25-39)40-26-18-13-19-27-40/h11-19,22-27H,4,6-10,20-21,28-33H2,1-3,5H3. The third-order valence-corrected chi connectivity index (χ3v) is 14.9. The second-order valence-electron chi connectivity index (χ2n) is 14.0. The van der Waals surface area contributed by atoms with E-state index in [-0.39, 0.29) is 18.8 Å². The van der Waals surface area contributed by atoms with E-state index in [4.69, 9.17) is 14.4 Å². The molecular formula is C44H55O5P. The number of fused-ring (bicyclic) bond motifs is 1. The SMILES string of the molecule is C=C([O-])OOCCOc1c(C)c(C)c2c(c1C)CCC(C)(CCCCCCCCC[P+](c1ccccc1)(c1ccccc1)c1ccccc1)O2. The molecule has 4 aromatic rings. The van der Waals surface area contributed by atoms with Gasteiger partial charge in [0.25, 0.3) is 0 Å². The molecule has 6 heteroatoms. The van der Waals surface area contributed by atoms with Crippen LogP contribution in [-0.4, -0.2) is 25.0 Å². The summed E-state index contributed by atoms with van der Waals surface area (Å²) in [6.07, 6.45) is 13.0. The van der Waals surface area contributed by atoms with Crippen LogP contribution in [0.3, 0.4) is 0 Å². The second kappa shape index (κ2) is 17.9. The van der Waals surface area contributed by atoms with Crippen molar-refractivity contribution in [2.24, 2.45) is 0 Å². The molecular weight excluding hydrogens is 639 g/mol. The Hall–Kier alpha value is -3.79. The van der Waals surface area contributed by atoms with E-state index >= 15 is 0 Å². The van der Waals surface area contributed by atoms with Gasteiger partial charge in [-0.15, -0.1) is 0 Å². The zero-order valence-electron chi connectivity index (χ0n) is 30.5. The monoisotopic (exact) mass is 694 g/mol. The molecule has 1 unspecified atom stereocenters. The van der Waals surface area contributed by atoms with Gasteiger partial charge in [-0.1, -0.05) is 86.9 Å². The van der Waals surface area contributed by atoms with E-state index < -0.39 is 13.2 Å². The number of ether oxygens (including phenoxy) is 2. The molecule has 5 rings (SSSR count). The molecule has 5 nitrogen and oxygen atoms in total. The smallest absolute Gasteiger partial charge is 0.127 e. The first-order valence-electron chi connectivity index (χ1n) is 18.4. The summed E-state index contributed by atoms with van der Waals surface area (Å²) in [5.74, 6) is 1.18. The maximum atomic E-state index is 10.8. The van der Waals surface area contributed by atoms with E-state index in [0.717, 1.165) is 47.5 Å². The van der Waals surface area contributed by atoms with E-state index in [1.54, 1.807) is 0 Å². The van der Waals surface area contributed by atoms with E-state index in [9.17, 15) is 5.11 Å². The topological polar surface area (TPSA) is 60.0 Å². The van der Waals surface area contributed by atoms with Gasteiger partial charge in [0.15, 0.2) is 0 Å². The minimum absolute atomic E-state index is 0.142. The minimum atomic E-state index is -1.73. The van der Waals surface area contributed by atoms with Gasteiger partial charge in [0.2, 0.25) is 0 Å². The lowest BCUT2D eigenvalue weighted by Crippen LogP contribution is -2.37. The summed E-state index contributed by atoms with van der Waals surface area (Å²) in [6, 6.07) is 33.7. The lowest BCUT2D eigenvalue weighted by atomic mass is 9.84. The van der Waals surface area contributed by atoms with Crippen LogP contribution in [-0.2, 0) is 16.2 Å². The van der Waals surface area contributed by atoms with Crippen LogP contribution in [0.1, 0.15) is 87.0 Å². The maximum absolute atomic E-state index is 10.8. The molecule has 1 atom stereocenters. The molecule has 0 bridgehead atoms. The number of rotatable bonds is 19. The highest BCUT2D eigenvalue weighted by Crippen LogP contribution is 2.56. The van der Waals surface area contributed by atoms with Gasteiger partial charge in [-0.2, -0.15) is 0 Å². The summed E-state index contributed by atoms with van der Waals surface area (Å²) in [5.41, 5.74) is 4.42. The largest absolute Gasteiger partial charge is 0.545 e. The second-order valence-corrected chi connectivity index (χ2v) is 17.6. The highest BCUT2D eigenvalue weighted by Gasteiger charge is 2.44. The van der Waals surface area contributed by atoms with Crippen molar-refractivity contribution < 1.29 is 24.4 Å². The molecule has 4 aromatic carbocycles. The summed E-state index contributed by atoms with van der Waals surface area (Å²) in [4.78, 5) is 9.29. The third kappa shape index (κ3) is 9.11. The van der Waals surface area contributed by atoms with Crippen molar-refractivity contribution in [3.05, 3.63) is 126 Å². The van der Waals surface area contributed by atoms with Crippen LogP contribution in [0.2, 0.25) is 0 Å². The molecule has 266 valence electrons. The molecule has 0 spiro atoms. The fraction of sp³-hybridized carbons (Fsp3) is 0.409. The van der Waals surface area contributed by atoms with Crippen molar-refractivity contribution >= 4 is 23.2 Å². The Morgan fingerprint density at radius 2 is 1.24 bits per heavy atom. The molecule has 0 amide bonds. The summed E-state index contributed by atoms with van der Waals surface area (Å²) < 4.78 is 12.9. The molecule has 0 N–H and O–H groups in total. The van der Waals surface area contributed by atoms with Crippen LogP contribution >= 0.6 is 7.26 Å². The van der Waals surface area contributed by atoms with Crippen LogP contribution < -0.4 is 30.5 Å². The predicted molar refractivity (Wildman–Crippen MR) is 207 cm³/mol. The van der Waals surface area contributed by atoms with Gasteiger partial charge >= 0.3 is 0 Å². The number of hydrogen-bond donors (Lipinski definition) is 0. The van der Waals surface area contributed by atoms with Crippen molar-refractivity contribution in [1.29, 1.82) is 0 Å². The highest BCUT2D eigenvalue weighted by atomic mass is 31.2. The lowest BCUT2D eigenvalue weighted by Gasteiger charge is -2.38. The average Bonchev–Trinajstić information content (AvgIpc) is 3.13. The minimum Gasteiger partial charge on any atom is -0.545 e. The molecule has 50 heavy (non-hydrogen) atoms. The Morgan fingerprint density at radius 1 is 0.720 bits per heavy atom. The predicted octanol–water partition coefficient (Wildman–Crippen LogP) is 8.97. The first-order chi connectivity index (χ1) is 24.2. The highest BCUT2D eigenvalue weighted by molar-refractivity contribution is 7.95. The van der Waals surface area contributed by atoms with Crippen molar-refractivity contribution in [3.8, 4) is 11.5 Å². The quantitative estimate of drug-likeness (QED) is 0.0323. The molecule has 0 aromatic heterocycles. The number of unbranched alkanes of at least 4 members (excludes halogenated alkanes) is 6. The Labute approximate surface area is 300 Å². The molecule has 1 aliphatic heterocycles. The first kappa shape index (κ1) is 37.5. The van der Waals surface area contributed by atoms with Gasteiger partial charge in [0.05, 0.1) is 12.1 Å². The molecule has 1 aliphatic rings. The normalized spacial score (nSPS) is 15.6. The van der Waals surface area contributed by atoms with Crippen molar-refractivity contribution in [2.75, 3.05) is 19.4 Å². The zero-order chi connectivity index (χ0) is 35.4. The van der Waals surface area contributed by atoms with Gasteiger partial charge in [0.1, 0.15) is 53.5 Å². The number of benzene rings is 4. The Bertz CT molecular complexity index is 1560. The zero-order valence-corrected chi connectivity index (χ0v) is 31.4. The molecule has 0 saturated carbocycles. The van der Waals surface area contributed by atoms with Crippen molar-refractivity contribution in [3.63, 3.8) is 0 Å². The summed E-state index contributed by atoms with van der Waals surface area (Å²) in [6.45, 7) is 12.1. The molecule has 1 heterocycles. The summed E-state index contributed by atoms with van der Waals surface area (Å²) >= 11 is 0. The average molecular weight is 695 g/mol. The fourth-order valence-corrected chi connectivity index (χ4v) is 12.0. The van der Waals surface area contributed by atoms with Crippen LogP contribution in [0.25, 0.3) is 0 Å². The Balaban J connectivity index is 1.09. The Kier molecular flexibility index (Phi) is 13.4. The van der Waals surface area contributed by atoms with Gasteiger partial charge in [-0.25, -0.2) is 0 Å². The fourth-order valence-electron chi connectivity index (χ4n) is 7.57. The van der Waals surface area contributed by atoms with Gasteiger partial charge in [-0.3, -0.25) is 4.89 Å². The molecule has 0 aliphatic carbocycles. The van der Waals surface area contributed by atoms with Crippen LogP contribution in [0.5, 0.6) is 11.5 Å². The van der Waals surface area contributed by atoms with Crippen LogP contribution in [0.15, 0.2) is 104 Å². The van der Waals surface area contributed by atoms with Crippen molar-refractivity contribution in [1.82, 2.24) is 0 Å². The lowest BCUT2D eigenvalue weighted by molar-refractivity contribution is -0.434. The molecule has 0 radical (unpaired) electrons. The summed E-state index contributed by atoms with van der Waals surface area (Å²) in [5, 5.41) is 15.3. The Morgan fingerprint density at radius 3 is 1.78 bits per heavy atom. The van der Waals surface area contributed by atoms with Crippen molar-refractivity contribution in [2.45, 2.75) is 97.5 Å². The van der Waals surface area contributed by atoms with E-state index in [1.165, 1.54) is 72.6 Å². The third-order valence-electron chi connectivity index (χ3n) is 10.4. The maximum Gasteiger partial charge on any atom is 0.127 e. The number of hydrogen-bond acceptors (Lipinski definition) is 5.